The van der Waals surface area contributed by atoms with Crippen LogP contribution in [0.1, 0.15) is 36.9 Å². The number of hydrogen-bond acceptors (Lipinski definition) is 4. The van der Waals surface area contributed by atoms with Crippen LogP contribution in [0.2, 0.25) is 10.2 Å². The minimum atomic E-state index is 0.00880. The van der Waals surface area contributed by atoms with Crippen LogP contribution in [0, 0.1) is 12.8 Å². The van der Waals surface area contributed by atoms with E-state index in [2.05, 4.69) is 15.3 Å². The number of ether oxygens (including phenoxy) is 1. The van der Waals surface area contributed by atoms with Crippen LogP contribution in [0.15, 0.2) is 18.2 Å². The molecule has 0 spiro atoms. The highest BCUT2D eigenvalue weighted by atomic mass is 35.5. The van der Waals surface area contributed by atoms with Gasteiger partial charge in [0.15, 0.2) is 0 Å². The van der Waals surface area contributed by atoms with Crippen molar-refractivity contribution in [3.63, 3.8) is 0 Å². The summed E-state index contributed by atoms with van der Waals surface area (Å²) >= 11 is 12.5. The largest absolute Gasteiger partial charge is 0.495 e. The molecule has 1 amide bonds. The van der Waals surface area contributed by atoms with Gasteiger partial charge in [-0.2, -0.15) is 5.10 Å². The highest BCUT2D eigenvalue weighted by molar-refractivity contribution is 6.32. The van der Waals surface area contributed by atoms with E-state index in [0.29, 0.717) is 34.0 Å². The summed E-state index contributed by atoms with van der Waals surface area (Å²) < 4.78 is 6.86. The molecule has 0 unspecified atom stereocenters. The second-order valence-electron chi connectivity index (χ2n) is 7.66. The van der Waals surface area contributed by atoms with E-state index in [1.807, 2.05) is 14.0 Å². The van der Waals surface area contributed by atoms with Crippen LogP contribution >= 0.6 is 23.2 Å². The number of hydrogen-bond donors (Lipinski definition) is 1. The van der Waals surface area contributed by atoms with E-state index in [0.717, 1.165) is 50.2 Å². The van der Waals surface area contributed by atoms with Crippen molar-refractivity contribution in [1.29, 1.82) is 0 Å². The van der Waals surface area contributed by atoms with Crippen LogP contribution in [0.25, 0.3) is 0 Å². The number of aromatic nitrogens is 2. The predicted octanol–water partition coefficient (Wildman–Crippen LogP) is 4.67. The second kappa shape index (κ2) is 9.83. The number of benzene rings is 1. The molecule has 0 saturated carbocycles. The Morgan fingerprint density at radius 2 is 2.17 bits per heavy atom. The molecule has 2 heterocycles. The molecule has 1 saturated heterocycles. The molecular formula is C21H28Cl2N4O2. The molecule has 1 N–H and O–H groups in total. The highest BCUT2D eigenvalue weighted by Crippen LogP contribution is 2.28. The molecule has 6 nitrogen and oxygen atoms in total. The van der Waals surface area contributed by atoms with E-state index in [1.54, 1.807) is 30.0 Å². The fourth-order valence-electron chi connectivity index (χ4n) is 3.91. The van der Waals surface area contributed by atoms with Gasteiger partial charge in [0, 0.05) is 37.8 Å². The van der Waals surface area contributed by atoms with E-state index < -0.39 is 0 Å². The number of nitrogens with zero attached hydrogens (tertiary/aromatic N) is 3. The maximum Gasteiger partial charge on any atom is 0.224 e. The Morgan fingerprint density at radius 1 is 1.38 bits per heavy atom. The minimum absolute atomic E-state index is 0.00880. The van der Waals surface area contributed by atoms with Crippen LogP contribution in [-0.2, 0) is 18.4 Å². The SMILES string of the molecule is COc1ccc(NC(=O)CC[C@H]2CCCN(Cc3c(C)nn(C)c3Cl)C2)cc1Cl. The molecule has 8 heteroatoms. The van der Waals surface area contributed by atoms with Crippen LogP contribution in [-0.4, -0.2) is 40.8 Å². The normalized spacial score (nSPS) is 17.3. The van der Waals surface area contributed by atoms with Crippen molar-refractivity contribution in [2.75, 3.05) is 25.5 Å². The van der Waals surface area contributed by atoms with E-state index in [-0.39, 0.29) is 5.91 Å². The summed E-state index contributed by atoms with van der Waals surface area (Å²) in [6, 6.07) is 5.26. The fourth-order valence-corrected chi connectivity index (χ4v) is 4.40. The molecule has 3 rings (SSSR count). The van der Waals surface area contributed by atoms with Gasteiger partial charge in [0.05, 0.1) is 17.8 Å². The number of piperidine rings is 1. The predicted molar refractivity (Wildman–Crippen MR) is 117 cm³/mol. The number of likely N-dealkylation sites (tertiary alicyclic amines) is 1. The number of halogens is 2. The Labute approximate surface area is 182 Å². The number of methoxy groups -OCH3 is 1. The Morgan fingerprint density at radius 3 is 2.83 bits per heavy atom. The minimum Gasteiger partial charge on any atom is -0.495 e. The fraction of sp³-hybridized carbons (Fsp3) is 0.524. The standard InChI is InChI=1S/C21H28Cl2N4O2/c1-14-17(21(23)26(2)25-14)13-27-10-4-5-15(12-27)6-9-20(28)24-16-7-8-19(29-3)18(22)11-16/h7-8,11,15H,4-6,9-10,12-13H2,1-3H3,(H,24,28)/t15-/m1/s1. The first-order chi connectivity index (χ1) is 13.9. The van der Waals surface area contributed by atoms with Gasteiger partial charge < -0.3 is 10.1 Å². The number of carbonyl (C=O) groups excluding carboxylic acids is 1. The van der Waals surface area contributed by atoms with E-state index in [4.69, 9.17) is 27.9 Å². The van der Waals surface area contributed by atoms with Crippen molar-refractivity contribution in [3.05, 3.63) is 39.6 Å². The Kier molecular flexibility index (Phi) is 7.44. The summed E-state index contributed by atoms with van der Waals surface area (Å²) in [7, 11) is 3.43. The van der Waals surface area contributed by atoms with Crippen molar-refractivity contribution in [2.24, 2.45) is 13.0 Å². The van der Waals surface area contributed by atoms with Crippen molar-refractivity contribution in [3.8, 4) is 5.75 Å². The van der Waals surface area contributed by atoms with Crippen LogP contribution in [0.5, 0.6) is 5.75 Å². The lowest BCUT2D eigenvalue weighted by Gasteiger charge is -2.32. The van der Waals surface area contributed by atoms with Gasteiger partial charge in [-0.15, -0.1) is 0 Å². The third kappa shape index (κ3) is 5.65. The average molecular weight is 439 g/mol. The third-order valence-corrected chi connectivity index (χ3v) is 6.24. The maximum absolute atomic E-state index is 12.4. The molecule has 0 bridgehead atoms. The van der Waals surface area contributed by atoms with Crippen LogP contribution < -0.4 is 10.1 Å². The number of carbonyl (C=O) groups is 1. The second-order valence-corrected chi connectivity index (χ2v) is 8.42. The zero-order chi connectivity index (χ0) is 21.0. The third-order valence-electron chi connectivity index (χ3n) is 5.47. The van der Waals surface area contributed by atoms with Crippen LogP contribution in [0.4, 0.5) is 5.69 Å². The van der Waals surface area contributed by atoms with E-state index >= 15 is 0 Å². The monoisotopic (exact) mass is 438 g/mol. The number of rotatable bonds is 7. The summed E-state index contributed by atoms with van der Waals surface area (Å²) in [5.74, 6) is 1.11. The van der Waals surface area contributed by atoms with Gasteiger partial charge >= 0.3 is 0 Å². The molecule has 158 valence electrons. The summed E-state index contributed by atoms with van der Waals surface area (Å²) in [4.78, 5) is 14.8. The van der Waals surface area contributed by atoms with Gasteiger partial charge in [0.25, 0.3) is 0 Å². The Hall–Kier alpha value is -1.76. The first-order valence-electron chi connectivity index (χ1n) is 9.91. The zero-order valence-corrected chi connectivity index (χ0v) is 18.7. The quantitative estimate of drug-likeness (QED) is 0.681. The van der Waals surface area contributed by atoms with Gasteiger partial charge in [-0.1, -0.05) is 23.2 Å². The van der Waals surface area contributed by atoms with Gasteiger partial charge in [0.1, 0.15) is 10.9 Å². The van der Waals surface area contributed by atoms with Crippen molar-refractivity contribution < 1.29 is 9.53 Å². The molecule has 0 radical (unpaired) electrons. The summed E-state index contributed by atoms with van der Waals surface area (Å²) in [5, 5.41) is 8.51. The Balaban J connectivity index is 1.49. The summed E-state index contributed by atoms with van der Waals surface area (Å²) in [6.45, 7) is 4.84. The number of amides is 1. The molecule has 1 atom stereocenters. The zero-order valence-electron chi connectivity index (χ0n) is 17.2. The topological polar surface area (TPSA) is 59.4 Å². The number of anilines is 1. The molecule has 1 aliphatic rings. The molecular weight excluding hydrogens is 411 g/mol. The molecule has 1 fully saturated rings. The van der Waals surface area contributed by atoms with E-state index in [1.165, 1.54) is 0 Å². The first kappa shape index (κ1) is 21.9. The lowest BCUT2D eigenvalue weighted by molar-refractivity contribution is -0.116. The highest BCUT2D eigenvalue weighted by Gasteiger charge is 2.23. The van der Waals surface area contributed by atoms with Crippen molar-refractivity contribution >= 4 is 34.8 Å². The molecule has 1 aliphatic heterocycles. The summed E-state index contributed by atoms with van der Waals surface area (Å²) in [6.07, 6.45) is 3.65. The van der Waals surface area contributed by atoms with Crippen molar-refractivity contribution in [2.45, 2.75) is 39.2 Å². The van der Waals surface area contributed by atoms with Gasteiger partial charge in [-0.3, -0.25) is 14.4 Å². The number of nitrogens with one attached hydrogen (secondary N) is 1. The number of aryl methyl sites for hydroxylation is 2. The van der Waals surface area contributed by atoms with Gasteiger partial charge in [-0.05, 0) is 56.8 Å². The van der Waals surface area contributed by atoms with Crippen LogP contribution in [0.3, 0.4) is 0 Å². The average Bonchev–Trinajstić information content (AvgIpc) is 2.93. The molecule has 1 aromatic heterocycles. The van der Waals surface area contributed by atoms with Crippen molar-refractivity contribution in [1.82, 2.24) is 14.7 Å². The molecule has 29 heavy (non-hydrogen) atoms. The smallest absolute Gasteiger partial charge is 0.224 e. The lowest BCUT2D eigenvalue weighted by Crippen LogP contribution is -2.35. The Bertz CT molecular complexity index is 869. The van der Waals surface area contributed by atoms with Gasteiger partial charge in [0.2, 0.25) is 5.91 Å². The maximum atomic E-state index is 12.4. The molecule has 1 aromatic carbocycles. The molecule has 2 aromatic rings. The lowest BCUT2D eigenvalue weighted by atomic mass is 9.93. The first-order valence-corrected chi connectivity index (χ1v) is 10.7. The van der Waals surface area contributed by atoms with E-state index in [9.17, 15) is 4.79 Å². The summed E-state index contributed by atoms with van der Waals surface area (Å²) in [5.41, 5.74) is 2.77. The molecule has 0 aliphatic carbocycles. The van der Waals surface area contributed by atoms with Gasteiger partial charge in [-0.25, -0.2) is 0 Å².